The number of nitrogen functional groups attached to an aromatic ring is 1. The van der Waals surface area contributed by atoms with Gasteiger partial charge in [0, 0.05) is 6.04 Å². The van der Waals surface area contributed by atoms with Gasteiger partial charge in [-0.25, -0.2) is 0 Å². The van der Waals surface area contributed by atoms with E-state index in [1.807, 2.05) is 0 Å². The lowest BCUT2D eigenvalue weighted by atomic mass is 10.1. The molecule has 1 unspecified atom stereocenters. The number of anilines is 1. The Kier molecular flexibility index (Phi) is 4.95. The lowest BCUT2D eigenvalue weighted by molar-refractivity contribution is -0.128. The lowest BCUT2D eigenvalue weighted by Gasteiger charge is -2.25. The first-order valence-corrected chi connectivity index (χ1v) is 7.26. The highest BCUT2D eigenvalue weighted by Gasteiger charge is 2.21. The van der Waals surface area contributed by atoms with E-state index in [1.54, 1.807) is 20.8 Å². The smallest absolute Gasteiger partial charge is 0.317 e. The molecule has 1 aromatic rings. The molecule has 0 aliphatic carbocycles. The Bertz CT molecular complexity index is 491. The highest BCUT2D eigenvalue weighted by molar-refractivity contribution is 5.80. The normalized spacial score (nSPS) is 17.3. The first kappa shape index (κ1) is 15.5. The number of nitrogens with zero attached hydrogens (tertiary/aromatic N) is 2. The van der Waals surface area contributed by atoms with Crippen LogP contribution in [0.2, 0.25) is 0 Å². The number of aromatic nitrogens is 2. The highest BCUT2D eigenvalue weighted by Crippen LogP contribution is 2.16. The first-order chi connectivity index (χ1) is 9.97. The van der Waals surface area contributed by atoms with Gasteiger partial charge in [-0.1, -0.05) is 0 Å². The van der Waals surface area contributed by atoms with Gasteiger partial charge in [-0.05, 0) is 46.7 Å². The van der Waals surface area contributed by atoms with Crippen LogP contribution < -0.4 is 21.1 Å². The molecule has 116 valence electrons. The Hall–Kier alpha value is -1.89. The van der Waals surface area contributed by atoms with Crippen LogP contribution in [-0.2, 0) is 4.79 Å². The zero-order valence-electron chi connectivity index (χ0n) is 12.8. The Morgan fingerprint density at radius 2 is 1.90 bits per heavy atom. The van der Waals surface area contributed by atoms with Gasteiger partial charge < -0.3 is 21.1 Å². The van der Waals surface area contributed by atoms with E-state index in [4.69, 9.17) is 10.5 Å². The molecule has 2 heterocycles. The molecule has 1 fully saturated rings. The average Bonchev–Trinajstić information content (AvgIpc) is 2.45. The van der Waals surface area contributed by atoms with Crippen molar-refractivity contribution in [1.29, 1.82) is 0 Å². The summed E-state index contributed by atoms with van der Waals surface area (Å²) < 4.78 is 5.53. The molecule has 21 heavy (non-hydrogen) atoms. The second kappa shape index (κ2) is 6.71. The molecule has 1 atom stereocenters. The van der Waals surface area contributed by atoms with Crippen molar-refractivity contribution >= 4 is 11.6 Å². The second-order valence-electron chi connectivity index (χ2n) is 5.38. The Balaban J connectivity index is 1.93. The molecule has 1 aliphatic heterocycles. The number of hydrogen-bond donors (Lipinski definition) is 3. The van der Waals surface area contributed by atoms with Crippen molar-refractivity contribution in [3.63, 3.8) is 0 Å². The summed E-state index contributed by atoms with van der Waals surface area (Å²) in [4.78, 5) is 20.4. The Labute approximate surface area is 124 Å². The van der Waals surface area contributed by atoms with Crippen molar-refractivity contribution in [2.24, 2.45) is 0 Å². The highest BCUT2D eigenvalue weighted by atomic mass is 16.5. The molecule has 1 saturated heterocycles. The van der Waals surface area contributed by atoms with E-state index in [0.29, 0.717) is 17.1 Å². The number of carbonyl (C=O) groups is 1. The van der Waals surface area contributed by atoms with E-state index in [-0.39, 0.29) is 18.0 Å². The summed E-state index contributed by atoms with van der Waals surface area (Å²) in [5, 5.41) is 6.26. The van der Waals surface area contributed by atoms with Crippen LogP contribution in [0.4, 0.5) is 5.69 Å². The Morgan fingerprint density at radius 3 is 2.48 bits per heavy atom. The molecule has 0 saturated carbocycles. The zero-order chi connectivity index (χ0) is 15.4. The molecule has 1 amide bonds. The molecule has 0 aromatic carbocycles. The van der Waals surface area contributed by atoms with Crippen LogP contribution in [0.15, 0.2) is 0 Å². The van der Waals surface area contributed by atoms with E-state index in [2.05, 4.69) is 20.6 Å². The van der Waals surface area contributed by atoms with Crippen molar-refractivity contribution in [2.45, 2.75) is 45.8 Å². The third-order valence-corrected chi connectivity index (χ3v) is 3.64. The van der Waals surface area contributed by atoms with Crippen molar-refractivity contribution in [3.8, 4) is 6.01 Å². The maximum absolute atomic E-state index is 12.1. The van der Waals surface area contributed by atoms with Crippen molar-refractivity contribution in [3.05, 3.63) is 11.4 Å². The number of aryl methyl sites for hydroxylation is 2. The van der Waals surface area contributed by atoms with Gasteiger partial charge in [-0.2, -0.15) is 9.97 Å². The molecular formula is C14H23N5O2. The van der Waals surface area contributed by atoms with E-state index in [0.717, 1.165) is 25.9 Å². The number of nitrogens with one attached hydrogen (secondary N) is 2. The first-order valence-electron chi connectivity index (χ1n) is 7.26. The van der Waals surface area contributed by atoms with E-state index in [1.165, 1.54) is 0 Å². The average molecular weight is 293 g/mol. The quantitative estimate of drug-likeness (QED) is 0.738. The summed E-state index contributed by atoms with van der Waals surface area (Å²) >= 11 is 0. The van der Waals surface area contributed by atoms with E-state index < -0.39 is 6.10 Å². The van der Waals surface area contributed by atoms with Crippen molar-refractivity contribution < 1.29 is 9.53 Å². The summed E-state index contributed by atoms with van der Waals surface area (Å²) in [6.07, 6.45) is 1.24. The van der Waals surface area contributed by atoms with Gasteiger partial charge in [0.15, 0.2) is 6.10 Å². The third-order valence-electron chi connectivity index (χ3n) is 3.64. The minimum Gasteiger partial charge on any atom is -0.450 e. The van der Waals surface area contributed by atoms with Gasteiger partial charge in [-0.3, -0.25) is 4.79 Å². The van der Waals surface area contributed by atoms with Gasteiger partial charge in [-0.15, -0.1) is 0 Å². The predicted octanol–water partition coefficient (Wildman–Crippen LogP) is 0.311. The zero-order valence-corrected chi connectivity index (χ0v) is 12.8. The topological polar surface area (TPSA) is 102 Å². The summed E-state index contributed by atoms with van der Waals surface area (Å²) in [7, 11) is 0. The molecule has 0 spiro atoms. The molecule has 0 radical (unpaired) electrons. The SMILES string of the molecule is Cc1nc(OC(C)C(=O)NC2CCNCC2)nc(C)c1N. The van der Waals surface area contributed by atoms with Gasteiger partial charge in [0.25, 0.3) is 5.91 Å². The van der Waals surface area contributed by atoms with Crippen LogP contribution in [0.5, 0.6) is 6.01 Å². The Morgan fingerprint density at radius 1 is 1.33 bits per heavy atom. The number of rotatable bonds is 4. The summed E-state index contributed by atoms with van der Waals surface area (Å²) in [5.74, 6) is -0.141. The fraction of sp³-hybridized carbons (Fsp3) is 0.643. The van der Waals surface area contributed by atoms with E-state index in [9.17, 15) is 4.79 Å². The molecule has 7 nitrogen and oxygen atoms in total. The largest absolute Gasteiger partial charge is 0.450 e. The van der Waals surface area contributed by atoms with Crippen LogP contribution in [0.3, 0.4) is 0 Å². The maximum atomic E-state index is 12.1. The van der Waals surface area contributed by atoms with E-state index >= 15 is 0 Å². The predicted molar refractivity (Wildman–Crippen MR) is 80.0 cm³/mol. The molecule has 7 heteroatoms. The fourth-order valence-corrected chi connectivity index (χ4v) is 2.24. The standard InChI is InChI=1S/C14H23N5O2/c1-8-12(15)9(2)18-14(17-8)21-10(3)13(20)19-11-4-6-16-7-5-11/h10-11,16H,4-7,15H2,1-3H3,(H,19,20). The summed E-state index contributed by atoms with van der Waals surface area (Å²) in [6.45, 7) is 7.13. The molecular weight excluding hydrogens is 270 g/mol. The van der Waals surface area contributed by atoms with Gasteiger partial charge in [0.05, 0.1) is 17.1 Å². The molecule has 0 bridgehead atoms. The molecule has 1 aliphatic rings. The number of carbonyl (C=O) groups excluding carboxylic acids is 1. The van der Waals surface area contributed by atoms with Crippen LogP contribution in [-0.4, -0.2) is 41.1 Å². The fourth-order valence-electron chi connectivity index (χ4n) is 2.24. The maximum Gasteiger partial charge on any atom is 0.317 e. The van der Waals surface area contributed by atoms with Crippen molar-refractivity contribution in [2.75, 3.05) is 18.8 Å². The van der Waals surface area contributed by atoms with Crippen LogP contribution in [0.1, 0.15) is 31.2 Å². The number of ether oxygens (including phenoxy) is 1. The van der Waals surface area contributed by atoms with Gasteiger partial charge >= 0.3 is 6.01 Å². The number of hydrogen-bond acceptors (Lipinski definition) is 6. The minimum atomic E-state index is -0.637. The van der Waals surface area contributed by atoms with Crippen molar-refractivity contribution in [1.82, 2.24) is 20.6 Å². The lowest BCUT2D eigenvalue weighted by Crippen LogP contribution is -2.47. The van der Waals surface area contributed by atoms with Crippen LogP contribution in [0.25, 0.3) is 0 Å². The molecule has 1 aromatic heterocycles. The van der Waals surface area contributed by atoms with Gasteiger partial charge in [0.2, 0.25) is 0 Å². The van der Waals surface area contributed by atoms with Crippen LogP contribution >= 0.6 is 0 Å². The monoisotopic (exact) mass is 293 g/mol. The third kappa shape index (κ3) is 4.04. The second-order valence-corrected chi connectivity index (χ2v) is 5.38. The van der Waals surface area contributed by atoms with Crippen LogP contribution in [0, 0.1) is 13.8 Å². The van der Waals surface area contributed by atoms with Gasteiger partial charge in [0.1, 0.15) is 0 Å². The number of nitrogens with two attached hydrogens (primary N) is 1. The summed E-state index contributed by atoms with van der Waals surface area (Å²) in [6, 6.07) is 0.396. The minimum absolute atomic E-state index is 0.141. The summed E-state index contributed by atoms with van der Waals surface area (Å²) in [5.41, 5.74) is 7.66. The molecule has 2 rings (SSSR count). The number of amides is 1. The molecule has 4 N–H and O–H groups in total. The number of piperidine rings is 1.